The minimum absolute atomic E-state index is 0.0531. The second kappa shape index (κ2) is 8.27. The first-order chi connectivity index (χ1) is 14.1. The Morgan fingerprint density at radius 3 is 2.48 bits per heavy atom. The summed E-state index contributed by atoms with van der Waals surface area (Å²) in [5.41, 5.74) is 1.87. The fraction of sp³-hybridized carbons (Fsp3) is 0.417. The molecule has 1 atom stereocenters. The third-order valence-corrected chi connectivity index (χ3v) is 6.24. The number of likely N-dealkylation sites (tertiary alicyclic amines) is 1. The Kier molecular flexibility index (Phi) is 5.56. The highest BCUT2D eigenvalue weighted by Crippen LogP contribution is 2.46. The van der Waals surface area contributed by atoms with Crippen LogP contribution in [0.4, 0.5) is 0 Å². The van der Waals surface area contributed by atoms with Crippen LogP contribution in [0.25, 0.3) is 0 Å². The molecule has 0 bridgehead atoms. The summed E-state index contributed by atoms with van der Waals surface area (Å²) in [5, 5.41) is 2.75. The van der Waals surface area contributed by atoms with Crippen LogP contribution in [0, 0.1) is 0 Å². The van der Waals surface area contributed by atoms with Crippen LogP contribution in [0.1, 0.15) is 42.7 Å². The van der Waals surface area contributed by atoms with Crippen molar-refractivity contribution in [1.82, 2.24) is 10.2 Å². The summed E-state index contributed by atoms with van der Waals surface area (Å²) in [6, 6.07) is 17.9. The van der Waals surface area contributed by atoms with Crippen LogP contribution < -0.4 is 10.1 Å². The molecule has 29 heavy (non-hydrogen) atoms. The van der Waals surface area contributed by atoms with Gasteiger partial charge in [-0.1, -0.05) is 48.5 Å². The van der Waals surface area contributed by atoms with Gasteiger partial charge in [-0.05, 0) is 23.6 Å². The molecule has 2 aromatic carbocycles. The first-order valence-corrected chi connectivity index (χ1v) is 10.4. The van der Waals surface area contributed by atoms with Gasteiger partial charge in [-0.2, -0.15) is 0 Å². The number of nitrogens with one attached hydrogen (secondary N) is 1. The van der Waals surface area contributed by atoms with Crippen LogP contribution >= 0.6 is 0 Å². The summed E-state index contributed by atoms with van der Waals surface area (Å²) in [6.07, 6.45) is 3.32. The highest BCUT2D eigenvalue weighted by Gasteiger charge is 2.44. The Morgan fingerprint density at radius 1 is 1.07 bits per heavy atom. The fourth-order valence-electron chi connectivity index (χ4n) is 4.60. The van der Waals surface area contributed by atoms with Gasteiger partial charge in [0.25, 0.3) is 0 Å². The number of carbonyl (C=O) groups excluding carboxylic acids is 2. The molecular formula is C24H28N2O3. The maximum Gasteiger partial charge on any atom is 0.226 e. The first kappa shape index (κ1) is 19.5. The minimum atomic E-state index is -0.295. The molecule has 0 aliphatic carbocycles. The molecule has 1 unspecified atom stereocenters. The fourth-order valence-corrected chi connectivity index (χ4v) is 4.60. The molecule has 1 N–H and O–H groups in total. The Balaban J connectivity index is 1.44. The molecule has 2 aromatic rings. The zero-order valence-electron chi connectivity index (χ0n) is 16.9. The van der Waals surface area contributed by atoms with Crippen molar-refractivity contribution in [2.75, 3.05) is 20.1 Å². The number of ether oxygens (including phenoxy) is 1. The lowest BCUT2D eigenvalue weighted by atomic mass is 9.76. The third-order valence-electron chi connectivity index (χ3n) is 6.24. The van der Waals surface area contributed by atoms with E-state index < -0.39 is 0 Å². The Bertz CT molecular complexity index is 873. The molecule has 5 nitrogen and oxygen atoms in total. The lowest BCUT2D eigenvalue weighted by Crippen LogP contribution is -2.52. The lowest BCUT2D eigenvalue weighted by Gasteiger charge is -2.47. The van der Waals surface area contributed by atoms with Crippen molar-refractivity contribution < 1.29 is 14.3 Å². The van der Waals surface area contributed by atoms with Crippen molar-refractivity contribution in [2.45, 2.75) is 43.6 Å². The van der Waals surface area contributed by atoms with Crippen LogP contribution in [0.15, 0.2) is 54.6 Å². The van der Waals surface area contributed by atoms with E-state index in [0.717, 1.165) is 36.1 Å². The monoisotopic (exact) mass is 392 g/mol. The third kappa shape index (κ3) is 4.29. The van der Waals surface area contributed by atoms with Crippen LogP contribution in [0.5, 0.6) is 5.75 Å². The molecule has 0 saturated carbocycles. The summed E-state index contributed by atoms with van der Waals surface area (Å²) in [6.45, 7) is 1.39. The SMILES string of the molecule is CNC(=O)CC1CC2(CCN(C(=O)Cc3ccccc3)CC2)Oc2ccccc21. The number of piperidine rings is 1. The predicted octanol–water partition coefficient (Wildman–Crippen LogP) is 3.29. The zero-order chi connectivity index (χ0) is 20.3. The largest absolute Gasteiger partial charge is 0.487 e. The van der Waals surface area contributed by atoms with Crippen molar-refractivity contribution in [3.8, 4) is 5.75 Å². The molecule has 1 fully saturated rings. The van der Waals surface area contributed by atoms with Gasteiger partial charge < -0.3 is 15.0 Å². The molecule has 4 rings (SSSR count). The molecule has 0 aromatic heterocycles. The number of rotatable bonds is 4. The maximum absolute atomic E-state index is 12.7. The number of nitrogens with zero attached hydrogens (tertiary/aromatic N) is 1. The van der Waals surface area contributed by atoms with Gasteiger partial charge in [-0.3, -0.25) is 9.59 Å². The molecule has 5 heteroatoms. The Hall–Kier alpha value is -2.82. The molecular weight excluding hydrogens is 364 g/mol. The summed E-state index contributed by atoms with van der Waals surface area (Å²) in [4.78, 5) is 26.7. The Labute approximate surface area is 172 Å². The maximum atomic E-state index is 12.7. The standard InChI is InChI=1S/C24H28N2O3/c1-25-22(27)16-19-17-24(29-21-10-6-5-9-20(19)21)11-13-26(14-12-24)23(28)15-18-7-3-2-4-8-18/h2-10,19H,11-17H2,1H3,(H,25,27). The molecule has 2 aliphatic heterocycles. The normalized spacial score (nSPS) is 19.9. The van der Waals surface area contributed by atoms with Crippen molar-refractivity contribution in [3.05, 3.63) is 65.7 Å². The van der Waals surface area contributed by atoms with Gasteiger partial charge in [0, 0.05) is 45.3 Å². The summed E-state index contributed by atoms with van der Waals surface area (Å²) < 4.78 is 6.48. The minimum Gasteiger partial charge on any atom is -0.487 e. The smallest absolute Gasteiger partial charge is 0.226 e. The predicted molar refractivity (Wildman–Crippen MR) is 112 cm³/mol. The summed E-state index contributed by atoms with van der Waals surface area (Å²) in [5.74, 6) is 1.25. The molecule has 2 heterocycles. The molecule has 1 saturated heterocycles. The van der Waals surface area contributed by atoms with E-state index in [9.17, 15) is 9.59 Å². The molecule has 2 amide bonds. The highest BCUT2D eigenvalue weighted by atomic mass is 16.5. The second-order valence-electron chi connectivity index (χ2n) is 8.14. The Morgan fingerprint density at radius 2 is 1.76 bits per heavy atom. The van der Waals surface area contributed by atoms with E-state index in [-0.39, 0.29) is 23.3 Å². The van der Waals surface area contributed by atoms with Gasteiger partial charge >= 0.3 is 0 Å². The number of hydrogen-bond acceptors (Lipinski definition) is 3. The quantitative estimate of drug-likeness (QED) is 0.869. The van der Waals surface area contributed by atoms with Crippen LogP contribution in [-0.2, 0) is 16.0 Å². The van der Waals surface area contributed by atoms with Crippen molar-refractivity contribution in [2.24, 2.45) is 0 Å². The van der Waals surface area contributed by atoms with E-state index in [1.807, 2.05) is 53.4 Å². The highest BCUT2D eigenvalue weighted by molar-refractivity contribution is 5.79. The van der Waals surface area contributed by atoms with E-state index in [1.54, 1.807) is 7.05 Å². The van der Waals surface area contributed by atoms with Gasteiger partial charge in [0.1, 0.15) is 11.4 Å². The number of benzene rings is 2. The van der Waals surface area contributed by atoms with Gasteiger partial charge in [-0.15, -0.1) is 0 Å². The van der Waals surface area contributed by atoms with E-state index in [1.165, 1.54) is 0 Å². The van der Waals surface area contributed by atoms with E-state index in [4.69, 9.17) is 4.74 Å². The number of hydrogen-bond donors (Lipinski definition) is 1. The number of para-hydroxylation sites is 1. The van der Waals surface area contributed by atoms with Crippen LogP contribution in [0.2, 0.25) is 0 Å². The number of carbonyl (C=O) groups is 2. The summed E-state index contributed by atoms with van der Waals surface area (Å²) in [7, 11) is 1.68. The first-order valence-electron chi connectivity index (χ1n) is 10.4. The molecule has 1 spiro atoms. The van der Waals surface area contributed by atoms with Crippen molar-refractivity contribution >= 4 is 11.8 Å². The topological polar surface area (TPSA) is 58.6 Å². The average Bonchev–Trinajstić information content (AvgIpc) is 2.75. The van der Waals surface area contributed by atoms with Gasteiger partial charge in [0.05, 0.1) is 6.42 Å². The van der Waals surface area contributed by atoms with Crippen molar-refractivity contribution in [3.63, 3.8) is 0 Å². The molecule has 2 aliphatic rings. The summed E-state index contributed by atoms with van der Waals surface area (Å²) >= 11 is 0. The average molecular weight is 392 g/mol. The molecule has 0 radical (unpaired) electrons. The molecule has 152 valence electrons. The van der Waals surface area contributed by atoms with E-state index in [0.29, 0.717) is 25.9 Å². The zero-order valence-corrected chi connectivity index (χ0v) is 16.9. The second-order valence-corrected chi connectivity index (χ2v) is 8.14. The van der Waals surface area contributed by atoms with Crippen LogP contribution in [0.3, 0.4) is 0 Å². The van der Waals surface area contributed by atoms with E-state index >= 15 is 0 Å². The van der Waals surface area contributed by atoms with Crippen LogP contribution in [-0.4, -0.2) is 42.5 Å². The number of fused-ring (bicyclic) bond motifs is 1. The van der Waals surface area contributed by atoms with Gasteiger partial charge in [0.2, 0.25) is 11.8 Å². The van der Waals surface area contributed by atoms with Gasteiger partial charge in [0.15, 0.2) is 0 Å². The van der Waals surface area contributed by atoms with Crippen molar-refractivity contribution in [1.29, 1.82) is 0 Å². The van der Waals surface area contributed by atoms with Gasteiger partial charge in [-0.25, -0.2) is 0 Å². The van der Waals surface area contributed by atoms with E-state index in [2.05, 4.69) is 11.4 Å². The lowest BCUT2D eigenvalue weighted by molar-refractivity contribution is -0.134. The number of amides is 2.